The van der Waals surface area contributed by atoms with Gasteiger partial charge in [-0.1, -0.05) is 35.5 Å². The molecule has 3 aromatic rings. The van der Waals surface area contributed by atoms with E-state index in [0.717, 1.165) is 11.6 Å². The van der Waals surface area contributed by atoms with E-state index in [9.17, 15) is 0 Å². The molecule has 0 N–H and O–H groups in total. The third kappa shape index (κ3) is 2.58. The van der Waals surface area contributed by atoms with E-state index >= 15 is 0 Å². The fourth-order valence-corrected chi connectivity index (χ4v) is 4.49. The van der Waals surface area contributed by atoms with Gasteiger partial charge in [-0.15, -0.1) is 0 Å². The van der Waals surface area contributed by atoms with Gasteiger partial charge in [-0.05, 0) is 42.8 Å². The van der Waals surface area contributed by atoms with Crippen LogP contribution in [0.25, 0.3) is 17.0 Å². The minimum atomic E-state index is 0.782. The molecule has 2 heterocycles. The van der Waals surface area contributed by atoms with Crippen molar-refractivity contribution in [2.24, 2.45) is 0 Å². The zero-order valence-electron chi connectivity index (χ0n) is 13.7. The van der Waals surface area contributed by atoms with Gasteiger partial charge in [0.1, 0.15) is 6.54 Å². The summed E-state index contributed by atoms with van der Waals surface area (Å²) in [5.41, 5.74) is 3.71. The van der Waals surface area contributed by atoms with Gasteiger partial charge in [0.05, 0.1) is 16.1 Å². The number of anilines is 1. The summed E-state index contributed by atoms with van der Waals surface area (Å²) in [5.74, 6) is 0. The Hall–Kier alpha value is -1.97. The molecule has 2 aromatic carbocycles. The second-order valence-electron chi connectivity index (χ2n) is 5.83. The number of aryl methyl sites for hydroxylation is 1. The van der Waals surface area contributed by atoms with Crippen LogP contribution in [0.5, 0.6) is 0 Å². The smallest absolute Gasteiger partial charge is 0.213 e. The lowest BCUT2D eigenvalue weighted by atomic mass is 10.1. The van der Waals surface area contributed by atoms with Gasteiger partial charge in [-0.2, -0.15) is 4.57 Å². The van der Waals surface area contributed by atoms with Crippen molar-refractivity contribution >= 4 is 46.0 Å². The van der Waals surface area contributed by atoms with E-state index in [-0.39, 0.29) is 0 Å². The first-order valence-corrected chi connectivity index (χ1v) is 9.21. The molecule has 0 saturated heterocycles. The normalized spacial score (nSPS) is 15.3. The van der Waals surface area contributed by atoms with E-state index < -0.39 is 0 Å². The SMILES string of the molecule is CC[n+]1ccc(/C=C2\Sc3cc(Cl)ccc3N2C)c2ccccc21. The molecule has 4 heteroatoms. The van der Waals surface area contributed by atoms with Crippen LogP contribution in [0.1, 0.15) is 12.5 Å². The molecular formula is C20H18ClN2S+. The summed E-state index contributed by atoms with van der Waals surface area (Å²) < 4.78 is 2.28. The molecule has 0 amide bonds. The summed E-state index contributed by atoms with van der Waals surface area (Å²) in [4.78, 5) is 3.44. The first kappa shape index (κ1) is 15.6. The number of thioether (sulfide) groups is 1. The molecule has 24 heavy (non-hydrogen) atoms. The van der Waals surface area contributed by atoms with Gasteiger partial charge in [-0.25, -0.2) is 0 Å². The highest BCUT2D eigenvalue weighted by Gasteiger charge is 2.22. The number of pyridine rings is 1. The quantitative estimate of drug-likeness (QED) is 0.574. The van der Waals surface area contributed by atoms with E-state index in [0.29, 0.717) is 0 Å². The molecule has 0 atom stereocenters. The Balaban J connectivity index is 1.82. The van der Waals surface area contributed by atoms with Crippen LogP contribution < -0.4 is 9.47 Å². The zero-order chi connectivity index (χ0) is 16.7. The minimum absolute atomic E-state index is 0.782. The van der Waals surface area contributed by atoms with Gasteiger partial charge in [0, 0.05) is 29.1 Å². The van der Waals surface area contributed by atoms with Crippen LogP contribution in [0.15, 0.2) is 64.7 Å². The van der Waals surface area contributed by atoms with Crippen molar-refractivity contribution in [3.63, 3.8) is 0 Å². The zero-order valence-corrected chi connectivity index (χ0v) is 15.2. The first-order valence-electron chi connectivity index (χ1n) is 8.01. The Morgan fingerprint density at radius 2 is 2.00 bits per heavy atom. The number of benzene rings is 2. The lowest BCUT2D eigenvalue weighted by Gasteiger charge is -2.13. The summed E-state index contributed by atoms with van der Waals surface area (Å²) in [6.45, 7) is 3.14. The van der Waals surface area contributed by atoms with Crippen molar-refractivity contribution in [2.75, 3.05) is 11.9 Å². The third-order valence-electron chi connectivity index (χ3n) is 4.41. The van der Waals surface area contributed by atoms with Crippen molar-refractivity contribution in [1.29, 1.82) is 0 Å². The molecule has 0 spiro atoms. The van der Waals surface area contributed by atoms with Crippen molar-refractivity contribution in [3.05, 3.63) is 70.3 Å². The molecule has 1 aromatic heterocycles. The Bertz CT molecular complexity index is 965. The number of rotatable bonds is 2. The third-order valence-corrected chi connectivity index (χ3v) is 5.79. The summed E-state index contributed by atoms with van der Waals surface area (Å²) in [6.07, 6.45) is 4.43. The highest BCUT2D eigenvalue weighted by molar-refractivity contribution is 8.03. The van der Waals surface area contributed by atoms with E-state index in [4.69, 9.17) is 11.6 Å². The number of para-hydroxylation sites is 1. The molecule has 1 aliphatic rings. The molecule has 1 aliphatic heterocycles. The highest BCUT2D eigenvalue weighted by atomic mass is 35.5. The van der Waals surface area contributed by atoms with E-state index in [1.165, 1.54) is 32.1 Å². The highest BCUT2D eigenvalue weighted by Crippen LogP contribution is 2.46. The lowest BCUT2D eigenvalue weighted by molar-refractivity contribution is -0.667. The maximum atomic E-state index is 6.14. The minimum Gasteiger partial charge on any atom is -0.338 e. The van der Waals surface area contributed by atoms with Gasteiger partial charge in [0.25, 0.3) is 0 Å². The summed E-state index contributed by atoms with van der Waals surface area (Å²) in [6, 6.07) is 16.8. The van der Waals surface area contributed by atoms with E-state index in [1.54, 1.807) is 11.8 Å². The van der Waals surface area contributed by atoms with Crippen LogP contribution in [0, 0.1) is 0 Å². The largest absolute Gasteiger partial charge is 0.338 e. The van der Waals surface area contributed by atoms with Crippen molar-refractivity contribution in [3.8, 4) is 0 Å². The van der Waals surface area contributed by atoms with Crippen LogP contribution in [0.3, 0.4) is 0 Å². The Kier molecular flexibility index (Phi) is 3.99. The van der Waals surface area contributed by atoms with Crippen molar-refractivity contribution in [2.45, 2.75) is 18.4 Å². The fourth-order valence-electron chi connectivity index (χ4n) is 3.12. The van der Waals surface area contributed by atoms with Crippen molar-refractivity contribution in [1.82, 2.24) is 0 Å². The molecule has 0 bridgehead atoms. The van der Waals surface area contributed by atoms with Crippen LogP contribution in [-0.4, -0.2) is 7.05 Å². The number of halogens is 1. The second-order valence-corrected chi connectivity index (χ2v) is 7.33. The predicted molar refractivity (Wildman–Crippen MR) is 104 cm³/mol. The molecule has 0 aliphatic carbocycles. The Morgan fingerprint density at radius 1 is 1.17 bits per heavy atom. The van der Waals surface area contributed by atoms with E-state index in [2.05, 4.69) is 72.1 Å². The first-order chi connectivity index (χ1) is 11.7. The Labute approximate surface area is 151 Å². The van der Waals surface area contributed by atoms with Crippen LogP contribution in [0.4, 0.5) is 5.69 Å². The van der Waals surface area contributed by atoms with Gasteiger partial charge < -0.3 is 4.90 Å². The second kappa shape index (κ2) is 6.15. The monoisotopic (exact) mass is 353 g/mol. The van der Waals surface area contributed by atoms with Crippen LogP contribution >= 0.6 is 23.4 Å². The molecule has 120 valence electrons. The molecule has 0 fully saturated rings. The van der Waals surface area contributed by atoms with E-state index in [1.807, 2.05) is 12.1 Å². The molecule has 0 saturated carbocycles. The fraction of sp³-hybridized carbons (Fsp3) is 0.150. The molecule has 2 nitrogen and oxygen atoms in total. The van der Waals surface area contributed by atoms with Crippen LogP contribution in [-0.2, 0) is 6.54 Å². The summed E-state index contributed by atoms with van der Waals surface area (Å²) in [5, 5.41) is 3.27. The maximum Gasteiger partial charge on any atom is 0.213 e. The Morgan fingerprint density at radius 3 is 2.83 bits per heavy atom. The summed E-state index contributed by atoms with van der Waals surface area (Å²) >= 11 is 7.90. The number of hydrogen-bond donors (Lipinski definition) is 0. The molecule has 0 radical (unpaired) electrons. The lowest BCUT2D eigenvalue weighted by Crippen LogP contribution is -2.32. The van der Waals surface area contributed by atoms with Gasteiger partial charge >= 0.3 is 0 Å². The van der Waals surface area contributed by atoms with Gasteiger partial charge in [0.15, 0.2) is 6.20 Å². The molecule has 0 unspecified atom stereocenters. The number of nitrogens with zero attached hydrogens (tertiary/aromatic N) is 2. The standard InChI is InChI=1S/C20H18ClN2S/c1-3-23-11-10-14(16-6-4-5-7-17(16)23)12-20-22(2)18-9-8-15(21)13-19(18)24-20/h4-13H,3H2,1-2H3/q+1. The van der Waals surface area contributed by atoms with Crippen LogP contribution in [0.2, 0.25) is 5.02 Å². The van der Waals surface area contributed by atoms with Crippen molar-refractivity contribution < 1.29 is 4.57 Å². The number of fused-ring (bicyclic) bond motifs is 2. The topological polar surface area (TPSA) is 7.12 Å². The summed E-state index contributed by atoms with van der Waals surface area (Å²) in [7, 11) is 2.11. The average molecular weight is 354 g/mol. The number of hydrogen-bond acceptors (Lipinski definition) is 2. The molecule has 4 rings (SSSR count). The van der Waals surface area contributed by atoms with Gasteiger partial charge in [0.2, 0.25) is 5.52 Å². The van der Waals surface area contributed by atoms with Gasteiger partial charge in [-0.3, -0.25) is 0 Å². The number of aromatic nitrogens is 1. The predicted octanol–water partition coefficient (Wildman–Crippen LogP) is 5.34. The molecular weight excluding hydrogens is 336 g/mol. The average Bonchev–Trinajstić information content (AvgIpc) is 2.90. The maximum absolute atomic E-state index is 6.14.